The first-order chi connectivity index (χ1) is 13.6. The van der Waals surface area contributed by atoms with Gasteiger partial charge in [0, 0.05) is 30.7 Å². The van der Waals surface area contributed by atoms with Gasteiger partial charge in [-0.3, -0.25) is 9.69 Å². The van der Waals surface area contributed by atoms with Gasteiger partial charge in [0.1, 0.15) is 6.04 Å². The fraction of sp³-hybridized carbons (Fsp3) is 0.650. The number of hydrogen-bond donors (Lipinski definition) is 2. The van der Waals surface area contributed by atoms with E-state index in [4.69, 9.17) is 4.74 Å². The molecule has 1 aliphatic rings. The van der Waals surface area contributed by atoms with Crippen LogP contribution in [0.25, 0.3) is 0 Å². The third-order valence-corrected chi connectivity index (χ3v) is 6.69. The number of ether oxygens (including phenoxy) is 1. The maximum absolute atomic E-state index is 12.7. The molecule has 9 heteroatoms. The zero-order chi connectivity index (χ0) is 21.6. The lowest BCUT2D eigenvalue weighted by molar-refractivity contribution is -0.124. The van der Waals surface area contributed by atoms with Gasteiger partial charge in [-0.1, -0.05) is 43.6 Å². The Balaban J connectivity index is 1.96. The Morgan fingerprint density at radius 1 is 1.24 bits per heavy atom. The fourth-order valence-corrected chi connectivity index (χ4v) is 4.86. The highest BCUT2D eigenvalue weighted by Crippen LogP contribution is 2.16. The van der Waals surface area contributed by atoms with Crippen LogP contribution in [-0.2, 0) is 19.6 Å². The number of amides is 1. The van der Waals surface area contributed by atoms with E-state index in [-0.39, 0.29) is 22.8 Å². The average Bonchev–Trinajstić information content (AvgIpc) is 2.64. The lowest BCUT2D eigenvalue weighted by atomic mass is 10.0. The number of carbonyl (C=O) groups is 1. The Kier molecular flexibility index (Phi) is 9.09. The van der Waals surface area contributed by atoms with Crippen LogP contribution in [0.2, 0.25) is 0 Å². The number of carbonyl (C=O) groups excluding carboxylic acids is 1. The van der Waals surface area contributed by atoms with Crippen LogP contribution in [0.5, 0.6) is 0 Å². The Morgan fingerprint density at radius 3 is 2.48 bits per heavy atom. The van der Waals surface area contributed by atoms with Gasteiger partial charge in [0.15, 0.2) is 0 Å². The summed E-state index contributed by atoms with van der Waals surface area (Å²) in [5, 5.41) is 2.87. The number of morpholine rings is 1. The van der Waals surface area contributed by atoms with E-state index in [1.165, 1.54) is 12.1 Å². The van der Waals surface area contributed by atoms with Crippen LogP contribution in [0.4, 0.5) is 0 Å². The van der Waals surface area contributed by atoms with Gasteiger partial charge in [0.25, 0.3) is 0 Å². The minimum absolute atomic E-state index is 0.0951. The van der Waals surface area contributed by atoms with Gasteiger partial charge in [0.2, 0.25) is 15.9 Å². The zero-order valence-corrected chi connectivity index (χ0v) is 19.9. The second-order valence-electron chi connectivity index (χ2n) is 8.19. The molecule has 1 amide bonds. The van der Waals surface area contributed by atoms with Crippen molar-refractivity contribution in [3.05, 3.63) is 28.7 Å². The van der Waals surface area contributed by atoms with Crippen molar-refractivity contribution in [2.75, 3.05) is 32.8 Å². The minimum atomic E-state index is -3.80. The molecule has 0 aromatic heterocycles. The maximum atomic E-state index is 12.7. The molecule has 0 aliphatic carbocycles. The fourth-order valence-electron chi connectivity index (χ4n) is 3.25. The molecule has 0 spiro atoms. The molecule has 1 aliphatic heterocycles. The summed E-state index contributed by atoms with van der Waals surface area (Å²) in [7, 11) is -3.80. The second kappa shape index (κ2) is 10.9. The first-order valence-corrected chi connectivity index (χ1v) is 12.3. The van der Waals surface area contributed by atoms with E-state index in [1.807, 2.05) is 13.8 Å². The average molecular weight is 490 g/mol. The molecule has 1 heterocycles. The number of nitrogens with one attached hydrogen (secondary N) is 2. The standard InChI is InChI=1S/C20H32BrN3O4S/c1-14(2)12-24-9-10-28-17(13-24)11-22-20(25)19(15(3)4)23-29(26,27)18-7-5-16(21)6-8-18/h5-8,14-15,17,19,23H,9-13H2,1-4H3,(H,22,25)/t17-,19+/m1/s1. The second-order valence-corrected chi connectivity index (χ2v) is 10.8. The molecular formula is C20H32BrN3O4S. The molecule has 1 aromatic carbocycles. The van der Waals surface area contributed by atoms with Gasteiger partial charge in [0.05, 0.1) is 17.6 Å². The molecule has 7 nitrogen and oxygen atoms in total. The molecule has 1 saturated heterocycles. The molecule has 0 radical (unpaired) electrons. The predicted molar refractivity (Wildman–Crippen MR) is 117 cm³/mol. The van der Waals surface area contributed by atoms with E-state index >= 15 is 0 Å². The molecule has 2 atom stereocenters. The topological polar surface area (TPSA) is 87.7 Å². The van der Waals surface area contributed by atoms with Gasteiger partial charge >= 0.3 is 0 Å². The highest BCUT2D eigenvalue weighted by atomic mass is 79.9. The van der Waals surface area contributed by atoms with E-state index in [2.05, 4.69) is 44.7 Å². The predicted octanol–water partition coefficient (Wildman–Crippen LogP) is 2.23. The van der Waals surface area contributed by atoms with Crippen molar-refractivity contribution in [1.29, 1.82) is 0 Å². The van der Waals surface area contributed by atoms with Crippen LogP contribution >= 0.6 is 15.9 Å². The molecule has 164 valence electrons. The molecule has 2 N–H and O–H groups in total. The van der Waals surface area contributed by atoms with E-state index in [0.717, 1.165) is 24.1 Å². The SMILES string of the molecule is CC(C)CN1CCO[C@H](CNC(=O)[C@@H](NS(=O)(=O)c2ccc(Br)cc2)C(C)C)C1. The Morgan fingerprint density at radius 2 is 1.90 bits per heavy atom. The Hall–Kier alpha value is -1.00. The van der Waals surface area contributed by atoms with Crippen molar-refractivity contribution < 1.29 is 17.9 Å². The molecule has 0 saturated carbocycles. The van der Waals surface area contributed by atoms with Crippen molar-refractivity contribution in [3.8, 4) is 0 Å². The number of hydrogen-bond acceptors (Lipinski definition) is 5. The summed E-state index contributed by atoms with van der Waals surface area (Å²) in [6, 6.07) is 5.45. The van der Waals surface area contributed by atoms with Gasteiger partial charge in [-0.25, -0.2) is 8.42 Å². The monoisotopic (exact) mass is 489 g/mol. The first-order valence-electron chi connectivity index (χ1n) is 9.98. The molecule has 0 unspecified atom stereocenters. The highest BCUT2D eigenvalue weighted by molar-refractivity contribution is 9.10. The number of nitrogens with zero attached hydrogens (tertiary/aromatic N) is 1. The van der Waals surface area contributed by atoms with Gasteiger partial charge in [-0.05, 0) is 36.1 Å². The van der Waals surface area contributed by atoms with Crippen LogP contribution in [0.3, 0.4) is 0 Å². The lowest BCUT2D eigenvalue weighted by Crippen LogP contribution is -2.53. The van der Waals surface area contributed by atoms with Gasteiger partial charge in [-0.2, -0.15) is 4.72 Å². The largest absolute Gasteiger partial charge is 0.374 e. The number of halogens is 1. The molecule has 29 heavy (non-hydrogen) atoms. The van der Waals surface area contributed by atoms with Gasteiger partial charge < -0.3 is 10.1 Å². The van der Waals surface area contributed by atoms with Gasteiger partial charge in [-0.15, -0.1) is 0 Å². The molecule has 0 bridgehead atoms. The molecule has 1 aromatic rings. The van der Waals surface area contributed by atoms with E-state index in [0.29, 0.717) is 19.1 Å². The smallest absolute Gasteiger partial charge is 0.241 e. The van der Waals surface area contributed by atoms with Crippen molar-refractivity contribution >= 4 is 31.9 Å². The summed E-state index contributed by atoms with van der Waals surface area (Å²) in [6.07, 6.45) is -0.0951. The van der Waals surface area contributed by atoms with Crippen LogP contribution in [0.15, 0.2) is 33.6 Å². The summed E-state index contributed by atoms with van der Waals surface area (Å²) in [6.45, 7) is 11.6. The van der Waals surface area contributed by atoms with Crippen LogP contribution < -0.4 is 10.0 Å². The zero-order valence-electron chi connectivity index (χ0n) is 17.5. The van der Waals surface area contributed by atoms with Crippen molar-refractivity contribution in [1.82, 2.24) is 14.9 Å². The summed E-state index contributed by atoms with van der Waals surface area (Å²) < 4.78 is 34.4. The normalized spacial score (nSPS) is 19.5. The summed E-state index contributed by atoms with van der Waals surface area (Å²) in [5.74, 6) is 0.0249. The van der Waals surface area contributed by atoms with Crippen LogP contribution in [0.1, 0.15) is 27.7 Å². The lowest BCUT2D eigenvalue weighted by Gasteiger charge is -2.34. The molecule has 2 rings (SSSR count). The number of sulfonamides is 1. The minimum Gasteiger partial charge on any atom is -0.374 e. The maximum Gasteiger partial charge on any atom is 0.241 e. The van der Waals surface area contributed by atoms with Crippen LogP contribution in [0, 0.1) is 11.8 Å². The molecule has 1 fully saturated rings. The third-order valence-electron chi connectivity index (χ3n) is 4.71. The van der Waals surface area contributed by atoms with E-state index in [1.54, 1.807) is 12.1 Å². The number of benzene rings is 1. The summed E-state index contributed by atoms with van der Waals surface area (Å²) in [4.78, 5) is 15.2. The van der Waals surface area contributed by atoms with Crippen molar-refractivity contribution in [2.45, 2.75) is 44.7 Å². The Labute approximate surface area is 182 Å². The van der Waals surface area contributed by atoms with E-state index in [9.17, 15) is 13.2 Å². The molecular weight excluding hydrogens is 458 g/mol. The van der Waals surface area contributed by atoms with Crippen molar-refractivity contribution in [2.24, 2.45) is 11.8 Å². The quantitative estimate of drug-likeness (QED) is 0.555. The number of rotatable bonds is 9. The third kappa shape index (κ3) is 7.64. The first kappa shape index (κ1) is 24.3. The van der Waals surface area contributed by atoms with E-state index < -0.39 is 16.1 Å². The Bertz CT molecular complexity index is 768. The van der Waals surface area contributed by atoms with Crippen molar-refractivity contribution in [3.63, 3.8) is 0 Å². The summed E-state index contributed by atoms with van der Waals surface area (Å²) in [5.41, 5.74) is 0. The van der Waals surface area contributed by atoms with Crippen LogP contribution in [-0.4, -0.2) is 64.2 Å². The highest BCUT2D eigenvalue weighted by Gasteiger charge is 2.29. The summed E-state index contributed by atoms with van der Waals surface area (Å²) >= 11 is 3.29.